The number of H-pyrrole nitrogens is 1. The van der Waals surface area contributed by atoms with E-state index in [4.69, 9.17) is 0 Å². The summed E-state index contributed by atoms with van der Waals surface area (Å²) < 4.78 is 4.61. The highest BCUT2D eigenvalue weighted by atomic mass is 16.5. The number of ether oxygens (including phenoxy) is 1. The van der Waals surface area contributed by atoms with E-state index in [0.717, 1.165) is 0 Å². The number of carbonyl (C=O) groups excluding carboxylic acids is 1. The lowest BCUT2D eigenvalue weighted by Crippen LogP contribution is -2.13. The Labute approximate surface area is 63.7 Å². The van der Waals surface area contributed by atoms with Crippen molar-refractivity contribution in [2.24, 2.45) is 0 Å². The number of carbonyl (C=O) groups is 1. The lowest BCUT2D eigenvalue weighted by atomic mass is 10.6. The molecule has 11 heavy (non-hydrogen) atoms. The van der Waals surface area contributed by atoms with E-state index >= 15 is 0 Å². The van der Waals surface area contributed by atoms with Gasteiger partial charge in [-0.3, -0.25) is 10.4 Å². The van der Waals surface area contributed by atoms with Gasteiger partial charge < -0.3 is 4.74 Å². The van der Waals surface area contributed by atoms with Gasteiger partial charge in [-0.15, -0.1) is 0 Å². The molecule has 5 heteroatoms. The monoisotopic (exact) mass is 155 g/mol. The summed E-state index contributed by atoms with van der Waals surface area (Å²) in [5, 5.41) is 8.68. The van der Waals surface area contributed by atoms with Gasteiger partial charge in [0.2, 0.25) is 0 Å². The number of hydrogen-bond donors (Lipinski definition) is 2. The molecular formula is C6H9N3O2. The Morgan fingerprint density at radius 2 is 2.73 bits per heavy atom. The van der Waals surface area contributed by atoms with Crippen LogP contribution in [0.3, 0.4) is 0 Å². The Balaban J connectivity index is 2.37. The van der Waals surface area contributed by atoms with Crippen LogP contribution in [-0.2, 0) is 4.74 Å². The third kappa shape index (κ3) is 2.29. The van der Waals surface area contributed by atoms with Gasteiger partial charge in [0.05, 0.1) is 6.61 Å². The predicted octanol–water partition coefficient (Wildman–Crippen LogP) is 0.978. The molecule has 0 spiro atoms. The molecule has 0 aromatic carbocycles. The van der Waals surface area contributed by atoms with Gasteiger partial charge in [0, 0.05) is 12.3 Å². The number of aromatic nitrogens is 2. The molecule has 0 saturated heterocycles. The lowest BCUT2D eigenvalue weighted by molar-refractivity contribution is 0.168. The molecular weight excluding hydrogens is 146 g/mol. The molecule has 0 aliphatic carbocycles. The molecule has 0 unspecified atom stereocenters. The van der Waals surface area contributed by atoms with Crippen LogP contribution in [0.15, 0.2) is 12.3 Å². The number of rotatable bonds is 2. The summed E-state index contributed by atoms with van der Waals surface area (Å²) in [6.45, 7) is 2.10. The number of nitrogens with zero attached hydrogens (tertiary/aromatic N) is 1. The summed E-state index contributed by atoms with van der Waals surface area (Å²) >= 11 is 0. The van der Waals surface area contributed by atoms with Crippen LogP contribution in [0.2, 0.25) is 0 Å². The van der Waals surface area contributed by atoms with Crippen molar-refractivity contribution in [1.29, 1.82) is 0 Å². The molecule has 1 rings (SSSR count). The van der Waals surface area contributed by atoms with Crippen molar-refractivity contribution in [2.75, 3.05) is 11.9 Å². The van der Waals surface area contributed by atoms with E-state index in [1.165, 1.54) is 0 Å². The van der Waals surface area contributed by atoms with Gasteiger partial charge in [0.25, 0.3) is 0 Å². The average Bonchev–Trinajstić information content (AvgIpc) is 2.40. The lowest BCUT2D eigenvalue weighted by Gasteiger charge is -1.99. The van der Waals surface area contributed by atoms with Crippen LogP contribution >= 0.6 is 0 Å². The summed E-state index contributed by atoms with van der Waals surface area (Å²) in [5.74, 6) is 0.462. The molecule has 60 valence electrons. The van der Waals surface area contributed by atoms with Crippen LogP contribution < -0.4 is 5.32 Å². The number of nitrogens with one attached hydrogen (secondary N) is 2. The number of amides is 1. The van der Waals surface area contributed by atoms with Crippen LogP contribution in [0.4, 0.5) is 10.6 Å². The Morgan fingerprint density at radius 3 is 3.27 bits per heavy atom. The molecule has 0 bridgehead atoms. The van der Waals surface area contributed by atoms with Crippen molar-refractivity contribution in [2.45, 2.75) is 6.92 Å². The highest BCUT2D eigenvalue weighted by Crippen LogP contribution is 1.98. The molecule has 5 nitrogen and oxygen atoms in total. The molecule has 0 aliphatic rings. The standard InChI is InChI=1S/C6H9N3O2/c1-2-11-6(10)8-5-3-4-7-9-5/h3-4H,2H2,1H3,(H2,7,8,9,10). The third-order valence-electron chi connectivity index (χ3n) is 1.01. The van der Waals surface area contributed by atoms with E-state index in [9.17, 15) is 4.79 Å². The fourth-order valence-corrected chi connectivity index (χ4v) is 0.602. The minimum absolute atomic E-state index is 0.357. The minimum atomic E-state index is -0.486. The number of aromatic amines is 1. The average molecular weight is 155 g/mol. The molecule has 0 aliphatic heterocycles. The van der Waals surface area contributed by atoms with E-state index in [1.807, 2.05) is 0 Å². The van der Waals surface area contributed by atoms with E-state index in [0.29, 0.717) is 12.4 Å². The van der Waals surface area contributed by atoms with Crippen molar-refractivity contribution < 1.29 is 9.53 Å². The minimum Gasteiger partial charge on any atom is -0.450 e. The topological polar surface area (TPSA) is 67.0 Å². The second-order valence-corrected chi connectivity index (χ2v) is 1.80. The van der Waals surface area contributed by atoms with Crippen molar-refractivity contribution >= 4 is 11.9 Å². The fraction of sp³-hybridized carbons (Fsp3) is 0.333. The molecule has 0 saturated carbocycles. The van der Waals surface area contributed by atoms with Crippen molar-refractivity contribution in [3.8, 4) is 0 Å². The van der Waals surface area contributed by atoms with E-state index in [2.05, 4.69) is 20.3 Å². The Hall–Kier alpha value is -1.52. The first-order valence-electron chi connectivity index (χ1n) is 3.26. The van der Waals surface area contributed by atoms with Crippen molar-refractivity contribution in [3.63, 3.8) is 0 Å². The predicted molar refractivity (Wildman–Crippen MR) is 39.2 cm³/mol. The maximum absolute atomic E-state index is 10.7. The van der Waals surface area contributed by atoms with Crippen LogP contribution in [-0.4, -0.2) is 22.9 Å². The summed E-state index contributed by atoms with van der Waals surface area (Å²) in [4.78, 5) is 10.7. The Kier molecular flexibility index (Phi) is 2.48. The number of hydrogen-bond acceptors (Lipinski definition) is 3. The van der Waals surface area contributed by atoms with Gasteiger partial charge >= 0.3 is 6.09 Å². The quantitative estimate of drug-likeness (QED) is 0.668. The summed E-state index contributed by atoms with van der Waals surface area (Å²) in [6.07, 6.45) is 1.13. The Morgan fingerprint density at radius 1 is 1.91 bits per heavy atom. The van der Waals surface area contributed by atoms with Gasteiger partial charge in [-0.25, -0.2) is 4.79 Å². The second-order valence-electron chi connectivity index (χ2n) is 1.80. The summed E-state index contributed by atoms with van der Waals surface area (Å²) in [5.41, 5.74) is 0. The smallest absolute Gasteiger partial charge is 0.412 e. The fourth-order valence-electron chi connectivity index (χ4n) is 0.602. The van der Waals surface area contributed by atoms with E-state index in [1.54, 1.807) is 19.2 Å². The highest BCUT2D eigenvalue weighted by Gasteiger charge is 2.01. The van der Waals surface area contributed by atoms with Crippen molar-refractivity contribution in [1.82, 2.24) is 10.2 Å². The third-order valence-corrected chi connectivity index (χ3v) is 1.01. The maximum Gasteiger partial charge on any atom is 0.412 e. The molecule has 1 amide bonds. The van der Waals surface area contributed by atoms with Crippen LogP contribution in [0, 0.1) is 0 Å². The molecule has 0 radical (unpaired) electrons. The second kappa shape index (κ2) is 3.60. The number of anilines is 1. The first-order chi connectivity index (χ1) is 5.33. The molecule has 1 heterocycles. The molecule has 1 aromatic heterocycles. The van der Waals surface area contributed by atoms with Gasteiger partial charge in [-0.05, 0) is 6.92 Å². The zero-order valence-electron chi connectivity index (χ0n) is 6.13. The highest BCUT2D eigenvalue weighted by molar-refractivity contribution is 5.83. The van der Waals surface area contributed by atoms with Gasteiger partial charge in [-0.1, -0.05) is 0 Å². The van der Waals surface area contributed by atoms with Crippen LogP contribution in [0.5, 0.6) is 0 Å². The molecule has 2 N–H and O–H groups in total. The Bertz CT molecular complexity index is 220. The van der Waals surface area contributed by atoms with Crippen LogP contribution in [0.25, 0.3) is 0 Å². The SMILES string of the molecule is CCOC(=O)Nc1cc[nH]n1. The largest absolute Gasteiger partial charge is 0.450 e. The first kappa shape index (κ1) is 7.59. The van der Waals surface area contributed by atoms with Gasteiger partial charge in [0.1, 0.15) is 0 Å². The van der Waals surface area contributed by atoms with Gasteiger partial charge in [-0.2, -0.15) is 5.10 Å². The molecule has 0 atom stereocenters. The molecule has 1 aromatic rings. The summed E-state index contributed by atoms with van der Waals surface area (Å²) in [7, 11) is 0. The first-order valence-corrected chi connectivity index (χ1v) is 3.26. The molecule has 0 fully saturated rings. The van der Waals surface area contributed by atoms with E-state index < -0.39 is 6.09 Å². The van der Waals surface area contributed by atoms with E-state index in [-0.39, 0.29) is 0 Å². The van der Waals surface area contributed by atoms with Crippen LogP contribution in [0.1, 0.15) is 6.92 Å². The van der Waals surface area contributed by atoms with Crippen molar-refractivity contribution in [3.05, 3.63) is 12.3 Å². The van der Waals surface area contributed by atoms with Gasteiger partial charge in [0.15, 0.2) is 5.82 Å². The normalized spacial score (nSPS) is 9.18. The maximum atomic E-state index is 10.7. The zero-order chi connectivity index (χ0) is 8.10. The summed E-state index contributed by atoms with van der Waals surface area (Å²) in [6, 6.07) is 1.64. The zero-order valence-corrected chi connectivity index (χ0v) is 6.13.